The molecule has 0 N–H and O–H groups in total. The summed E-state index contributed by atoms with van der Waals surface area (Å²) in [5.41, 5.74) is 2.49. The standard InChI is InChI=1S/C22H32N2O3/c1-16(2)20-9-8-19(14-17(20)3)27-15-21(25)23-10-12-24(13-11-23)22(26)18-6-4-5-7-18/h8-9,14,16,18H,4-7,10-13,15H2,1-3H3. The molecule has 2 fully saturated rings. The quantitative estimate of drug-likeness (QED) is 0.796. The van der Waals surface area contributed by atoms with E-state index in [-0.39, 0.29) is 24.3 Å². The van der Waals surface area contributed by atoms with Crippen LogP contribution in [0.2, 0.25) is 0 Å². The van der Waals surface area contributed by atoms with Crippen LogP contribution >= 0.6 is 0 Å². The van der Waals surface area contributed by atoms with Crippen molar-refractivity contribution in [2.24, 2.45) is 5.92 Å². The average Bonchev–Trinajstić information content (AvgIpc) is 3.20. The average molecular weight is 373 g/mol. The van der Waals surface area contributed by atoms with Gasteiger partial charge in [-0.2, -0.15) is 0 Å². The van der Waals surface area contributed by atoms with Crippen molar-refractivity contribution < 1.29 is 14.3 Å². The molecule has 0 unspecified atom stereocenters. The predicted octanol–water partition coefficient (Wildman–Crippen LogP) is 3.36. The van der Waals surface area contributed by atoms with Crippen LogP contribution in [0.1, 0.15) is 56.6 Å². The Balaban J connectivity index is 1.45. The summed E-state index contributed by atoms with van der Waals surface area (Å²) < 4.78 is 5.72. The lowest BCUT2D eigenvalue weighted by atomic mass is 9.98. The van der Waals surface area contributed by atoms with E-state index >= 15 is 0 Å². The molecule has 5 heteroatoms. The maximum Gasteiger partial charge on any atom is 0.260 e. The van der Waals surface area contributed by atoms with Gasteiger partial charge in [-0.1, -0.05) is 32.8 Å². The lowest BCUT2D eigenvalue weighted by molar-refractivity contribution is -0.142. The van der Waals surface area contributed by atoms with Crippen molar-refractivity contribution in [3.8, 4) is 5.75 Å². The van der Waals surface area contributed by atoms with Gasteiger partial charge in [-0.05, 0) is 48.9 Å². The van der Waals surface area contributed by atoms with E-state index in [1.54, 1.807) is 0 Å². The van der Waals surface area contributed by atoms with E-state index < -0.39 is 0 Å². The molecule has 27 heavy (non-hydrogen) atoms. The number of hydrogen-bond donors (Lipinski definition) is 0. The minimum atomic E-state index is -0.00597. The Hall–Kier alpha value is -2.04. The predicted molar refractivity (Wildman–Crippen MR) is 106 cm³/mol. The molecular formula is C22H32N2O3. The molecule has 1 aromatic rings. The smallest absolute Gasteiger partial charge is 0.260 e. The van der Waals surface area contributed by atoms with E-state index in [1.165, 1.54) is 24.0 Å². The first-order chi connectivity index (χ1) is 13.0. The minimum Gasteiger partial charge on any atom is -0.484 e. The maximum atomic E-state index is 12.5. The number of nitrogens with zero attached hydrogens (tertiary/aromatic N) is 2. The zero-order valence-corrected chi connectivity index (χ0v) is 16.9. The summed E-state index contributed by atoms with van der Waals surface area (Å²) in [7, 11) is 0. The molecule has 1 heterocycles. The van der Waals surface area contributed by atoms with E-state index in [2.05, 4.69) is 26.8 Å². The van der Waals surface area contributed by atoms with Crippen LogP contribution in [-0.4, -0.2) is 54.4 Å². The molecule has 0 radical (unpaired) electrons. The van der Waals surface area contributed by atoms with Gasteiger partial charge in [-0.3, -0.25) is 9.59 Å². The van der Waals surface area contributed by atoms with Crippen molar-refractivity contribution in [1.29, 1.82) is 0 Å². The topological polar surface area (TPSA) is 49.9 Å². The normalized spacial score (nSPS) is 18.2. The molecule has 3 rings (SSSR count). The van der Waals surface area contributed by atoms with Crippen LogP contribution in [0.15, 0.2) is 18.2 Å². The highest BCUT2D eigenvalue weighted by Gasteiger charge is 2.30. The van der Waals surface area contributed by atoms with Gasteiger partial charge in [0.1, 0.15) is 5.75 Å². The van der Waals surface area contributed by atoms with Crippen LogP contribution < -0.4 is 4.74 Å². The summed E-state index contributed by atoms with van der Waals surface area (Å²) in [5, 5.41) is 0. The first kappa shape index (κ1) is 19.7. The Morgan fingerprint density at radius 3 is 2.30 bits per heavy atom. The molecule has 1 saturated carbocycles. The summed E-state index contributed by atoms with van der Waals surface area (Å²) in [6.45, 7) is 8.96. The second-order valence-corrected chi connectivity index (χ2v) is 8.15. The third-order valence-corrected chi connectivity index (χ3v) is 5.87. The second kappa shape index (κ2) is 8.77. The first-order valence-electron chi connectivity index (χ1n) is 10.3. The summed E-state index contributed by atoms with van der Waals surface area (Å²) in [5.74, 6) is 1.71. The summed E-state index contributed by atoms with van der Waals surface area (Å²) >= 11 is 0. The SMILES string of the molecule is Cc1cc(OCC(=O)N2CCN(C(=O)C3CCCC3)CC2)ccc1C(C)C. The van der Waals surface area contributed by atoms with Crippen LogP contribution in [0.4, 0.5) is 0 Å². The first-order valence-corrected chi connectivity index (χ1v) is 10.3. The number of piperazine rings is 1. The molecule has 1 aromatic carbocycles. The van der Waals surface area contributed by atoms with Gasteiger partial charge in [0.05, 0.1) is 0 Å². The number of ether oxygens (including phenoxy) is 1. The third kappa shape index (κ3) is 4.82. The van der Waals surface area contributed by atoms with E-state index in [9.17, 15) is 9.59 Å². The van der Waals surface area contributed by atoms with Gasteiger partial charge in [-0.15, -0.1) is 0 Å². The lowest BCUT2D eigenvalue weighted by Crippen LogP contribution is -2.52. The lowest BCUT2D eigenvalue weighted by Gasteiger charge is -2.36. The molecule has 2 amide bonds. The van der Waals surface area contributed by atoms with E-state index in [0.29, 0.717) is 32.1 Å². The molecule has 0 spiro atoms. The number of aryl methyl sites for hydroxylation is 1. The monoisotopic (exact) mass is 372 g/mol. The Kier molecular flexibility index (Phi) is 6.40. The fourth-order valence-electron chi connectivity index (χ4n) is 4.23. The van der Waals surface area contributed by atoms with Gasteiger partial charge >= 0.3 is 0 Å². The van der Waals surface area contributed by atoms with Crippen LogP contribution in [0.3, 0.4) is 0 Å². The van der Waals surface area contributed by atoms with Gasteiger partial charge < -0.3 is 14.5 Å². The molecular weight excluding hydrogens is 340 g/mol. The zero-order valence-electron chi connectivity index (χ0n) is 16.9. The zero-order chi connectivity index (χ0) is 19.4. The van der Waals surface area contributed by atoms with E-state index in [1.807, 2.05) is 21.9 Å². The minimum absolute atomic E-state index is 0.00597. The van der Waals surface area contributed by atoms with Gasteiger partial charge in [-0.25, -0.2) is 0 Å². The van der Waals surface area contributed by atoms with E-state index in [4.69, 9.17) is 4.74 Å². The van der Waals surface area contributed by atoms with Crippen LogP contribution in [0, 0.1) is 12.8 Å². The molecule has 0 atom stereocenters. The fraction of sp³-hybridized carbons (Fsp3) is 0.636. The van der Waals surface area contributed by atoms with Crippen LogP contribution in [-0.2, 0) is 9.59 Å². The summed E-state index contributed by atoms with van der Waals surface area (Å²) in [6.07, 6.45) is 4.40. The van der Waals surface area contributed by atoms with Crippen LogP contribution in [0.5, 0.6) is 5.75 Å². The van der Waals surface area contributed by atoms with Gasteiger partial charge in [0.2, 0.25) is 5.91 Å². The molecule has 1 aliphatic heterocycles. The second-order valence-electron chi connectivity index (χ2n) is 8.15. The van der Waals surface area contributed by atoms with Crippen molar-refractivity contribution in [2.75, 3.05) is 32.8 Å². The van der Waals surface area contributed by atoms with Crippen molar-refractivity contribution in [3.63, 3.8) is 0 Å². The number of carbonyl (C=O) groups excluding carboxylic acids is 2. The number of amides is 2. The molecule has 0 bridgehead atoms. The fourth-order valence-corrected chi connectivity index (χ4v) is 4.23. The summed E-state index contributed by atoms with van der Waals surface area (Å²) in [6, 6.07) is 6.02. The Labute approximate surface area is 162 Å². The highest BCUT2D eigenvalue weighted by atomic mass is 16.5. The number of rotatable bonds is 5. The van der Waals surface area contributed by atoms with Crippen molar-refractivity contribution in [3.05, 3.63) is 29.3 Å². The molecule has 2 aliphatic rings. The van der Waals surface area contributed by atoms with Gasteiger partial charge in [0, 0.05) is 32.1 Å². The largest absolute Gasteiger partial charge is 0.484 e. The Bertz CT molecular complexity index is 672. The number of benzene rings is 1. The van der Waals surface area contributed by atoms with Crippen molar-refractivity contribution >= 4 is 11.8 Å². The summed E-state index contributed by atoms with van der Waals surface area (Å²) in [4.78, 5) is 28.7. The number of carbonyl (C=O) groups is 2. The molecule has 148 valence electrons. The third-order valence-electron chi connectivity index (χ3n) is 5.87. The maximum absolute atomic E-state index is 12.5. The highest BCUT2D eigenvalue weighted by Crippen LogP contribution is 2.27. The van der Waals surface area contributed by atoms with Gasteiger partial charge in [0.15, 0.2) is 6.61 Å². The van der Waals surface area contributed by atoms with E-state index in [0.717, 1.165) is 18.6 Å². The number of hydrogen-bond acceptors (Lipinski definition) is 3. The molecule has 5 nitrogen and oxygen atoms in total. The highest BCUT2D eigenvalue weighted by molar-refractivity contribution is 5.80. The van der Waals surface area contributed by atoms with Crippen LogP contribution in [0.25, 0.3) is 0 Å². The molecule has 0 aromatic heterocycles. The Morgan fingerprint density at radius 1 is 1.07 bits per heavy atom. The van der Waals surface area contributed by atoms with Gasteiger partial charge in [0.25, 0.3) is 5.91 Å². The molecule has 1 aliphatic carbocycles. The van der Waals surface area contributed by atoms with Crippen molar-refractivity contribution in [2.45, 2.75) is 52.4 Å². The molecule has 1 saturated heterocycles. The Morgan fingerprint density at radius 2 is 1.70 bits per heavy atom. The van der Waals surface area contributed by atoms with Crippen molar-refractivity contribution in [1.82, 2.24) is 9.80 Å².